The van der Waals surface area contributed by atoms with Crippen molar-refractivity contribution in [3.63, 3.8) is 0 Å². The zero-order chi connectivity index (χ0) is 19.6. The summed E-state index contributed by atoms with van der Waals surface area (Å²) in [4.78, 5) is 20.7. The Hall–Kier alpha value is -3.25. The van der Waals surface area contributed by atoms with Crippen molar-refractivity contribution in [1.82, 2.24) is 15.3 Å². The molecule has 0 aliphatic rings. The van der Waals surface area contributed by atoms with E-state index >= 15 is 0 Å². The maximum absolute atomic E-state index is 12.2. The van der Waals surface area contributed by atoms with Gasteiger partial charge in [-0.05, 0) is 37.6 Å². The van der Waals surface area contributed by atoms with E-state index < -0.39 is 0 Å². The summed E-state index contributed by atoms with van der Waals surface area (Å²) in [5.41, 5.74) is 3.35. The van der Waals surface area contributed by atoms with Gasteiger partial charge in [0.2, 0.25) is 0 Å². The Morgan fingerprint density at radius 1 is 1.04 bits per heavy atom. The van der Waals surface area contributed by atoms with Gasteiger partial charge in [0, 0.05) is 42.6 Å². The van der Waals surface area contributed by atoms with Crippen LogP contribution in [-0.2, 0) is 4.74 Å². The molecule has 0 bridgehead atoms. The molecule has 2 N–H and O–H groups in total. The van der Waals surface area contributed by atoms with Crippen LogP contribution in [0.5, 0.6) is 0 Å². The van der Waals surface area contributed by atoms with E-state index in [1.807, 2.05) is 55.5 Å². The van der Waals surface area contributed by atoms with Gasteiger partial charge in [0.25, 0.3) is 5.91 Å². The average Bonchev–Trinajstić information content (AvgIpc) is 2.75. The largest absolute Gasteiger partial charge is 0.382 e. The molecule has 0 aliphatic heterocycles. The topological polar surface area (TPSA) is 76.1 Å². The van der Waals surface area contributed by atoms with Gasteiger partial charge in [-0.3, -0.25) is 4.79 Å². The van der Waals surface area contributed by atoms with E-state index in [0.29, 0.717) is 31.1 Å². The maximum atomic E-state index is 12.2. The summed E-state index contributed by atoms with van der Waals surface area (Å²) in [6.07, 6.45) is 2.34. The summed E-state index contributed by atoms with van der Waals surface area (Å²) in [6.45, 7) is 3.91. The van der Waals surface area contributed by atoms with Crippen LogP contribution in [-0.4, -0.2) is 35.6 Å². The standard InChI is InChI=1S/C22H24N4O2/c1-2-28-14-6-13-23-22(27)18-9-11-19(12-10-18)26-21-15-20(24-16-25-21)17-7-4-3-5-8-17/h3-5,7-12,15-16H,2,6,13-14H2,1H3,(H,23,27)(H,24,25,26). The van der Waals surface area contributed by atoms with E-state index in [-0.39, 0.29) is 5.91 Å². The van der Waals surface area contributed by atoms with Gasteiger partial charge in [0.15, 0.2) is 0 Å². The molecule has 0 radical (unpaired) electrons. The highest BCUT2D eigenvalue weighted by molar-refractivity contribution is 5.94. The Labute approximate surface area is 165 Å². The van der Waals surface area contributed by atoms with Crippen molar-refractivity contribution in [2.24, 2.45) is 0 Å². The fraction of sp³-hybridized carbons (Fsp3) is 0.227. The Kier molecular flexibility index (Phi) is 7.09. The molecule has 28 heavy (non-hydrogen) atoms. The Balaban J connectivity index is 1.58. The van der Waals surface area contributed by atoms with Gasteiger partial charge in [-0.25, -0.2) is 9.97 Å². The third-order valence-corrected chi connectivity index (χ3v) is 4.11. The summed E-state index contributed by atoms with van der Waals surface area (Å²) in [5.74, 6) is 0.610. The number of anilines is 2. The SMILES string of the molecule is CCOCCCNC(=O)c1ccc(Nc2cc(-c3ccccc3)ncn2)cc1. The van der Waals surface area contributed by atoms with Crippen molar-refractivity contribution < 1.29 is 9.53 Å². The van der Waals surface area contributed by atoms with E-state index in [2.05, 4.69) is 20.6 Å². The highest BCUT2D eigenvalue weighted by Gasteiger charge is 2.06. The second-order valence-corrected chi connectivity index (χ2v) is 6.16. The van der Waals surface area contributed by atoms with Gasteiger partial charge in [-0.2, -0.15) is 0 Å². The van der Waals surface area contributed by atoms with E-state index in [0.717, 1.165) is 23.4 Å². The molecule has 1 heterocycles. The molecule has 1 aromatic heterocycles. The lowest BCUT2D eigenvalue weighted by molar-refractivity contribution is 0.0944. The number of amides is 1. The zero-order valence-electron chi connectivity index (χ0n) is 15.9. The number of hydrogen-bond donors (Lipinski definition) is 2. The van der Waals surface area contributed by atoms with Crippen LogP contribution in [0.1, 0.15) is 23.7 Å². The average molecular weight is 376 g/mol. The number of nitrogens with zero attached hydrogens (tertiary/aromatic N) is 2. The first-order chi connectivity index (χ1) is 13.8. The number of benzene rings is 2. The molecular weight excluding hydrogens is 352 g/mol. The molecule has 0 spiro atoms. The highest BCUT2D eigenvalue weighted by atomic mass is 16.5. The van der Waals surface area contributed by atoms with Crippen LogP contribution in [0.15, 0.2) is 67.0 Å². The summed E-state index contributed by atoms with van der Waals surface area (Å²) >= 11 is 0. The number of nitrogens with one attached hydrogen (secondary N) is 2. The summed E-state index contributed by atoms with van der Waals surface area (Å²) in [6, 6.07) is 19.1. The second kappa shape index (κ2) is 10.2. The fourth-order valence-corrected chi connectivity index (χ4v) is 2.67. The van der Waals surface area contributed by atoms with Crippen LogP contribution in [0, 0.1) is 0 Å². The molecule has 2 aromatic carbocycles. The van der Waals surface area contributed by atoms with Crippen LogP contribution in [0.25, 0.3) is 11.3 Å². The Bertz CT molecular complexity index is 883. The lowest BCUT2D eigenvalue weighted by atomic mass is 10.1. The number of rotatable bonds is 9. The molecule has 0 atom stereocenters. The van der Waals surface area contributed by atoms with E-state index in [9.17, 15) is 4.79 Å². The second-order valence-electron chi connectivity index (χ2n) is 6.16. The predicted molar refractivity (Wildman–Crippen MR) is 111 cm³/mol. The smallest absolute Gasteiger partial charge is 0.251 e. The van der Waals surface area contributed by atoms with Gasteiger partial charge in [0.1, 0.15) is 12.1 Å². The third-order valence-electron chi connectivity index (χ3n) is 4.11. The number of hydrogen-bond acceptors (Lipinski definition) is 5. The molecule has 0 fully saturated rings. The Morgan fingerprint density at radius 2 is 1.82 bits per heavy atom. The van der Waals surface area contributed by atoms with Crippen LogP contribution < -0.4 is 10.6 Å². The first kappa shape index (κ1) is 19.5. The van der Waals surface area contributed by atoms with Crippen molar-refractivity contribution >= 4 is 17.4 Å². The first-order valence-corrected chi connectivity index (χ1v) is 9.37. The molecule has 0 unspecified atom stereocenters. The zero-order valence-corrected chi connectivity index (χ0v) is 15.9. The van der Waals surface area contributed by atoms with Crippen LogP contribution in [0.4, 0.5) is 11.5 Å². The maximum Gasteiger partial charge on any atom is 0.251 e. The van der Waals surface area contributed by atoms with E-state index in [1.54, 1.807) is 12.1 Å². The van der Waals surface area contributed by atoms with Crippen molar-refractivity contribution in [2.45, 2.75) is 13.3 Å². The number of ether oxygens (including phenoxy) is 1. The molecule has 3 rings (SSSR count). The third kappa shape index (κ3) is 5.62. The van der Waals surface area contributed by atoms with Crippen molar-refractivity contribution in [3.05, 3.63) is 72.6 Å². The molecule has 6 nitrogen and oxygen atoms in total. The first-order valence-electron chi connectivity index (χ1n) is 9.37. The Morgan fingerprint density at radius 3 is 2.57 bits per heavy atom. The monoisotopic (exact) mass is 376 g/mol. The summed E-state index contributed by atoms with van der Waals surface area (Å²) < 4.78 is 5.26. The van der Waals surface area contributed by atoms with Gasteiger partial charge in [-0.1, -0.05) is 30.3 Å². The number of carbonyl (C=O) groups is 1. The highest BCUT2D eigenvalue weighted by Crippen LogP contribution is 2.21. The lowest BCUT2D eigenvalue weighted by Gasteiger charge is -2.09. The van der Waals surface area contributed by atoms with Crippen molar-refractivity contribution in [2.75, 3.05) is 25.1 Å². The van der Waals surface area contributed by atoms with Gasteiger partial charge in [0.05, 0.1) is 5.69 Å². The molecule has 0 saturated carbocycles. The van der Waals surface area contributed by atoms with Crippen LogP contribution >= 0.6 is 0 Å². The summed E-state index contributed by atoms with van der Waals surface area (Å²) in [5, 5.41) is 6.14. The predicted octanol–water partition coefficient (Wildman–Crippen LogP) is 4.04. The molecule has 144 valence electrons. The lowest BCUT2D eigenvalue weighted by Crippen LogP contribution is -2.25. The number of aromatic nitrogens is 2. The fourth-order valence-electron chi connectivity index (χ4n) is 2.67. The van der Waals surface area contributed by atoms with Crippen LogP contribution in [0.3, 0.4) is 0 Å². The van der Waals surface area contributed by atoms with Gasteiger partial charge in [-0.15, -0.1) is 0 Å². The molecule has 0 aliphatic carbocycles. The molecular formula is C22H24N4O2. The van der Waals surface area contributed by atoms with Gasteiger partial charge >= 0.3 is 0 Å². The minimum absolute atomic E-state index is 0.0866. The minimum Gasteiger partial charge on any atom is -0.382 e. The molecule has 1 amide bonds. The summed E-state index contributed by atoms with van der Waals surface area (Å²) in [7, 11) is 0. The quantitative estimate of drug-likeness (QED) is 0.551. The van der Waals surface area contributed by atoms with Crippen molar-refractivity contribution in [1.29, 1.82) is 0 Å². The molecule has 6 heteroatoms. The molecule has 0 saturated heterocycles. The van der Waals surface area contributed by atoms with Gasteiger partial charge < -0.3 is 15.4 Å². The number of carbonyl (C=O) groups excluding carboxylic acids is 1. The normalized spacial score (nSPS) is 10.5. The minimum atomic E-state index is -0.0866. The van der Waals surface area contributed by atoms with E-state index in [1.165, 1.54) is 6.33 Å². The van der Waals surface area contributed by atoms with Crippen LogP contribution in [0.2, 0.25) is 0 Å². The van der Waals surface area contributed by atoms with E-state index in [4.69, 9.17) is 4.74 Å². The molecule has 3 aromatic rings. The van der Waals surface area contributed by atoms with Crippen molar-refractivity contribution in [3.8, 4) is 11.3 Å².